The topological polar surface area (TPSA) is 72.5 Å². The molecular weight excluding hydrogens is 520 g/mol. The van der Waals surface area contributed by atoms with Crippen LogP contribution in [0.3, 0.4) is 0 Å². The van der Waals surface area contributed by atoms with Crippen molar-refractivity contribution in [2.75, 3.05) is 9.80 Å². The van der Waals surface area contributed by atoms with Crippen molar-refractivity contribution in [1.29, 1.82) is 10.5 Å². The third-order valence-corrected chi connectivity index (χ3v) is 7.61. The van der Waals surface area contributed by atoms with Gasteiger partial charge in [-0.2, -0.15) is 10.5 Å². The van der Waals surface area contributed by atoms with Gasteiger partial charge in [0.05, 0.1) is 45.3 Å². The molecule has 0 aromatic heterocycles. The van der Waals surface area contributed by atoms with E-state index < -0.39 is 5.41 Å². The Morgan fingerprint density at radius 3 is 1.10 bits per heavy atom. The number of benzene rings is 5. The van der Waals surface area contributed by atoms with Crippen LogP contribution >= 0.6 is 0 Å². The Hall–Kier alpha value is -5.72. The highest BCUT2D eigenvalue weighted by Crippen LogP contribution is 2.56. The minimum atomic E-state index is -0.530. The summed E-state index contributed by atoms with van der Waals surface area (Å²) in [5.41, 5.74) is 5.63. The van der Waals surface area contributed by atoms with Gasteiger partial charge in [0.15, 0.2) is 23.0 Å². The fourth-order valence-corrected chi connectivity index (χ4v) is 5.91. The molecule has 2 aliphatic heterocycles. The molecule has 202 valence electrons. The summed E-state index contributed by atoms with van der Waals surface area (Å²) < 4.78 is 12.6. The largest absolute Gasteiger partial charge is 0.453 e. The fourth-order valence-electron chi connectivity index (χ4n) is 5.91. The standard InChI is InChI=1S/C36H26N4O2/c1-36(2,3)35-23(21-37)29(39-25-12-4-8-16-31(25)41-32-17-9-5-13-26(32)39)20-30(24(35)22-38)40-27-14-6-10-18-33(27)42-34-19-11-7-15-28(34)40/h4-20H,1-3H3. The van der Waals surface area contributed by atoms with E-state index in [4.69, 9.17) is 9.47 Å². The van der Waals surface area contributed by atoms with Crippen molar-refractivity contribution in [2.24, 2.45) is 0 Å². The summed E-state index contributed by atoms with van der Waals surface area (Å²) in [6.07, 6.45) is 0. The van der Waals surface area contributed by atoms with E-state index in [-0.39, 0.29) is 0 Å². The summed E-state index contributed by atoms with van der Waals surface area (Å²) in [6, 6.07) is 38.2. The maximum atomic E-state index is 10.8. The third-order valence-electron chi connectivity index (χ3n) is 7.61. The minimum absolute atomic E-state index is 0.448. The molecule has 6 nitrogen and oxygen atoms in total. The Labute approximate surface area is 244 Å². The molecule has 0 N–H and O–H groups in total. The Bertz CT molecular complexity index is 1750. The number of ether oxygens (including phenoxy) is 2. The lowest BCUT2D eigenvalue weighted by Crippen LogP contribution is -2.24. The molecule has 0 bridgehead atoms. The first-order chi connectivity index (χ1) is 20.4. The third kappa shape index (κ3) is 3.78. The van der Waals surface area contributed by atoms with Crippen molar-refractivity contribution in [2.45, 2.75) is 26.2 Å². The zero-order valence-corrected chi connectivity index (χ0v) is 23.4. The lowest BCUT2D eigenvalue weighted by Gasteiger charge is -2.38. The van der Waals surface area contributed by atoms with Gasteiger partial charge in [0.2, 0.25) is 0 Å². The predicted molar refractivity (Wildman–Crippen MR) is 164 cm³/mol. The number of nitriles is 2. The monoisotopic (exact) mass is 546 g/mol. The van der Waals surface area contributed by atoms with E-state index >= 15 is 0 Å². The van der Waals surface area contributed by atoms with Gasteiger partial charge in [-0.1, -0.05) is 69.3 Å². The second kappa shape index (κ2) is 9.44. The normalized spacial score (nSPS) is 12.9. The van der Waals surface area contributed by atoms with E-state index in [0.29, 0.717) is 51.1 Å². The lowest BCUT2D eigenvalue weighted by molar-refractivity contribution is 0.477. The zero-order chi connectivity index (χ0) is 29.0. The number of anilines is 6. The van der Waals surface area contributed by atoms with Crippen LogP contribution in [0.1, 0.15) is 37.5 Å². The maximum Gasteiger partial charge on any atom is 0.151 e. The van der Waals surface area contributed by atoms with Gasteiger partial charge in [-0.3, -0.25) is 0 Å². The first kappa shape index (κ1) is 25.3. The number of hydrogen-bond donors (Lipinski definition) is 0. The van der Waals surface area contributed by atoms with Gasteiger partial charge < -0.3 is 19.3 Å². The number of rotatable bonds is 2. The predicted octanol–water partition coefficient (Wildman–Crippen LogP) is 9.88. The van der Waals surface area contributed by atoms with Gasteiger partial charge in [-0.25, -0.2) is 0 Å². The van der Waals surface area contributed by atoms with Gasteiger partial charge in [0.1, 0.15) is 12.1 Å². The Morgan fingerprint density at radius 1 is 0.500 bits per heavy atom. The first-order valence-electron chi connectivity index (χ1n) is 13.7. The zero-order valence-electron chi connectivity index (χ0n) is 23.4. The first-order valence-corrected chi connectivity index (χ1v) is 13.7. The van der Waals surface area contributed by atoms with Crippen molar-refractivity contribution < 1.29 is 9.47 Å². The molecule has 0 aliphatic carbocycles. The van der Waals surface area contributed by atoms with Gasteiger partial charge in [-0.05, 0) is 65.6 Å². The SMILES string of the molecule is CC(C)(C)c1c(C#N)c(N2c3ccccc3Oc3ccccc32)cc(N2c3ccccc3Oc3ccccc32)c1C#N. The summed E-state index contributed by atoms with van der Waals surface area (Å²) in [4.78, 5) is 4.15. The van der Waals surface area contributed by atoms with Crippen molar-refractivity contribution in [1.82, 2.24) is 0 Å². The molecule has 5 aromatic rings. The van der Waals surface area contributed by atoms with E-state index in [1.165, 1.54) is 0 Å². The summed E-state index contributed by atoms with van der Waals surface area (Å²) in [7, 11) is 0. The van der Waals surface area contributed by atoms with E-state index in [1.54, 1.807) is 0 Å². The van der Waals surface area contributed by atoms with Gasteiger partial charge in [0, 0.05) is 0 Å². The molecule has 0 radical (unpaired) electrons. The maximum absolute atomic E-state index is 10.8. The van der Waals surface area contributed by atoms with Crippen LogP contribution in [0.5, 0.6) is 23.0 Å². The van der Waals surface area contributed by atoms with Crippen LogP contribution in [0.4, 0.5) is 34.1 Å². The molecular formula is C36H26N4O2. The fraction of sp³-hybridized carbons (Fsp3) is 0.111. The van der Waals surface area contributed by atoms with Crippen LogP contribution < -0.4 is 19.3 Å². The van der Waals surface area contributed by atoms with Crippen LogP contribution in [0, 0.1) is 22.7 Å². The quantitative estimate of drug-likeness (QED) is 0.215. The van der Waals surface area contributed by atoms with Crippen molar-refractivity contribution in [3.05, 3.63) is 120 Å². The molecule has 0 atom stereocenters. The summed E-state index contributed by atoms with van der Waals surface area (Å²) in [5, 5.41) is 21.6. The van der Waals surface area contributed by atoms with Crippen molar-refractivity contribution in [3.8, 4) is 35.1 Å². The van der Waals surface area contributed by atoms with Crippen LogP contribution in [0.2, 0.25) is 0 Å². The molecule has 0 saturated heterocycles. The number of nitrogens with zero attached hydrogens (tertiary/aromatic N) is 4. The number of fused-ring (bicyclic) bond motifs is 4. The van der Waals surface area contributed by atoms with Crippen LogP contribution in [-0.4, -0.2) is 0 Å². The van der Waals surface area contributed by atoms with Gasteiger partial charge in [0.25, 0.3) is 0 Å². The number of hydrogen-bond acceptors (Lipinski definition) is 6. The van der Waals surface area contributed by atoms with Crippen molar-refractivity contribution >= 4 is 34.1 Å². The molecule has 6 heteroatoms. The average Bonchev–Trinajstić information content (AvgIpc) is 3.01. The molecule has 7 rings (SSSR count). The van der Waals surface area contributed by atoms with E-state index in [2.05, 4.69) is 21.9 Å². The minimum Gasteiger partial charge on any atom is -0.453 e. The molecule has 5 aromatic carbocycles. The molecule has 0 spiro atoms. The summed E-state index contributed by atoms with van der Waals surface area (Å²) >= 11 is 0. The molecule has 42 heavy (non-hydrogen) atoms. The van der Waals surface area contributed by atoms with E-state index in [1.807, 2.05) is 124 Å². The Kier molecular flexibility index (Phi) is 5.68. The van der Waals surface area contributed by atoms with Gasteiger partial charge in [-0.15, -0.1) is 0 Å². The Balaban J connectivity index is 1.61. The second-order valence-corrected chi connectivity index (χ2v) is 11.3. The molecule has 0 saturated carbocycles. The Morgan fingerprint density at radius 2 is 0.810 bits per heavy atom. The van der Waals surface area contributed by atoms with Crippen LogP contribution in [0.15, 0.2) is 103 Å². The van der Waals surface area contributed by atoms with Gasteiger partial charge >= 0.3 is 0 Å². The molecule has 0 fully saturated rings. The highest BCUT2D eigenvalue weighted by molar-refractivity contribution is 5.95. The molecule has 0 amide bonds. The lowest BCUT2D eigenvalue weighted by atomic mass is 9.79. The summed E-state index contributed by atoms with van der Waals surface area (Å²) in [5.74, 6) is 2.74. The highest BCUT2D eigenvalue weighted by atomic mass is 16.5. The van der Waals surface area contributed by atoms with Crippen LogP contribution in [-0.2, 0) is 5.41 Å². The molecule has 2 heterocycles. The van der Waals surface area contributed by atoms with Crippen molar-refractivity contribution in [3.63, 3.8) is 0 Å². The van der Waals surface area contributed by atoms with E-state index in [9.17, 15) is 10.5 Å². The average molecular weight is 547 g/mol. The highest BCUT2D eigenvalue weighted by Gasteiger charge is 2.36. The molecule has 0 unspecified atom stereocenters. The number of para-hydroxylation sites is 8. The van der Waals surface area contributed by atoms with E-state index in [0.717, 1.165) is 22.7 Å². The molecule has 2 aliphatic rings. The van der Waals surface area contributed by atoms with Crippen LogP contribution in [0.25, 0.3) is 0 Å². The summed E-state index contributed by atoms with van der Waals surface area (Å²) in [6.45, 7) is 6.12. The second-order valence-electron chi connectivity index (χ2n) is 11.3. The smallest absolute Gasteiger partial charge is 0.151 e.